The van der Waals surface area contributed by atoms with E-state index in [2.05, 4.69) is 9.88 Å². The smallest absolute Gasteiger partial charge is 0.374 e. The van der Waals surface area contributed by atoms with Crippen LogP contribution < -0.4 is 5.56 Å². The van der Waals surface area contributed by atoms with E-state index in [1.165, 1.54) is 64.2 Å². The molecule has 4 aliphatic rings. The number of fused-ring (bicyclic) bond motifs is 5. The Morgan fingerprint density at radius 2 is 1.57 bits per heavy atom. The first-order valence-electron chi connectivity index (χ1n) is 14.1. The summed E-state index contributed by atoms with van der Waals surface area (Å²) in [6.07, 6.45) is 15.3. The first-order valence-corrected chi connectivity index (χ1v) is 14.1. The Bertz CT molecular complexity index is 1120. The number of hydrogen-bond donors (Lipinski definition) is 0. The van der Waals surface area contributed by atoms with Crippen LogP contribution in [0.1, 0.15) is 101 Å². The lowest BCUT2D eigenvalue weighted by molar-refractivity contribution is -0.0431. The van der Waals surface area contributed by atoms with Crippen molar-refractivity contribution in [1.82, 2.24) is 14.5 Å². The SMILES string of the molecule is CCOC(=O)c1nc2ccccc2c(=O)n1[C@H]1C[C@H]2CCC[C@@H](C1)N2[C@@H]1C[C@@H]2CCCC[C@@H](C2)C1. The van der Waals surface area contributed by atoms with Crippen LogP contribution in [0.3, 0.4) is 0 Å². The number of ether oxygens (including phenoxy) is 1. The number of esters is 1. The maximum Gasteiger partial charge on any atom is 0.374 e. The van der Waals surface area contributed by atoms with Gasteiger partial charge < -0.3 is 4.74 Å². The lowest BCUT2D eigenvalue weighted by Crippen LogP contribution is -2.58. The zero-order valence-electron chi connectivity index (χ0n) is 21.0. The quantitative estimate of drug-likeness (QED) is 0.545. The average Bonchev–Trinajstić information content (AvgIpc) is 3.02. The van der Waals surface area contributed by atoms with Gasteiger partial charge in [0.15, 0.2) is 0 Å². The molecule has 6 nitrogen and oxygen atoms in total. The Morgan fingerprint density at radius 3 is 2.26 bits per heavy atom. The number of para-hydroxylation sites is 1. The molecule has 2 aliphatic heterocycles. The first kappa shape index (κ1) is 23.2. The molecule has 35 heavy (non-hydrogen) atoms. The molecule has 0 amide bonds. The fourth-order valence-electron chi connectivity index (χ4n) is 8.13. The molecule has 0 N–H and O–H groups in total. The van der Waals surface area contributed by atoms with Crippen molar-refractivity contribution in [2.45, 2.75) is 108 Å². The third-order valence-electron chi connectivity index (χ3n) is 9.41. The lowest BCUT2D eigenvalue weighted by atomic mass is 9.73. The average molecular weight is 478 g/mol. The van der Waals surface area contributed by atoms with Gasteiger partial charge in [0.1, 0.15) is 0 Å². The van der Waals surface area contributed by atoms with Crippen LogP contribution in [0.4, 0.5) is 0 Å². The van der Waals surface area contributed by atoms with Crippen molar-refractivity contribution in [2.24, 2.45) is 11.8 Å². The van der Waals surface area contributed by atoms with Gasteiger partial charge in [-0.1, -0.05) is 44.2 Å². The summed E-state index contributed by atoms with van der Waals surface area (Å²) in [4.78, 5) is 34.2. The van der Waals surface area contributed by atoms with E-state index in [4.69, 9.17) is 4.74 Å². The van der Waals surface area contributed by atoms with Crippen molar-refractivity contribution in [3.8, 4) is 0 Å². The molecule has 2 aromatic rings. The predicted molar refractivity (Wildman–Crippen MR) is 137 cm³/mol. The van der Waals surface area contributed by atoms with E-state index in [0.717, 1.165) is 24.7 Å². The number of carbonyl (C=O) groups excluding carboxylic acids is 1. The summed E-state index contributed by atoms with van der Waals surface area (Å²) in [5.41, 5.74) is 0.470. The predicted octanol–water partition coefficient (Wildman–Crippen LogP) is 5.49. The zero-order chi connectivity index (χ0) is 23.9. The van der Waals surface area contributed by atoms with E-state index in [9.17, 15) is 9.59 Å². The highest BCUT2D eigenvalue weighted by Gasteiger charge is 2.45. The molecule has 4 bridgehead atoms. The van der Waals surface area contributed by atoms with Gasteiger partial charge in [0.25, 0.3) is 5.56 Å². The van der Waals surface area contributed by atoms with Crippen LogP contribution in [0.25, 0.3) is 10.9 Å². The second-order valence-electron chi connectivity index (χ2n) is 11.5. The lowest BCUT2D eigenvalue weighted by Gasteiger charge is -2.54. The van der Waals surface area contributed by atoms with E-state index in [0.29, 0.717) is 29.0 Å². The van der Waals surface area contributed by atoms with E-state index in [1.807, 2.05) is 24.3 Å². The van der Waals surface area contributed by atoms with Gasteiger partial charge in [-0.25, -0.2) is 9.78 Å². The number of carbonyl (C=O) groups is 1. The maximum atomic E-state index is 13.7. The van der Waals surface area contributed by atoms with Gasteiger partial charge in [-0.05, 0) is 75.8 Å². The van der Waals surface area contributed by atoms with Crippen molar-refractivity contribution >= 4 is 16.9 Å². The van der Waals surface area contributed by atoms with Gasteiger partial charge in [0.2, 0.25) is 5.82 Å². The molecule has 4 fully saturated rings. The molecule has 6 atom stereocenters. The van der Waals surface area contributed by atoms with Gasteiger partial charge in [-0.2, -0.15) is 0 Å². The summed E-state index contributed by atoms with van der Waals surface area (Å²) in [6, 6.07) is 9.05. The molecule has 0 radical (unpaired) electrons. The van der Waals surface area contributed by atoms with Gasteiger partial charge >= 0.3 is 5.97 Å². The number of rotatable bonds is 4. The topological polar surface area (TPSA) is 64.4 Å². The van der Waals surface area contributed by atoms with Gasteiger partial charge in [0.05, 0.1) is 17.5 Å². The van der Waals surface area contributed by atoms with Crippen molar-refractivity contribution in [3.05, 3.63) is 40.4 Å². The Hall–Kier alpha value is -2.21. The molecule has 2 aliphatic carbocycles. The highest BCUT2D eigenvalue weighted by atomic mass is 16.5. The van der Waals surface area contributed by atoms with E-state index < -0.39 is 5.97 Å². The van der Waals surface area contributed by atoms with Crippen LogP contribution in [0, 0.1) is 11.8 Å². The van der Waals surface area contributed by atoms with Gasteiger partial charge in [0, 0.05) is 24.2 Å². The summed E-state index contributed by atoms with van der Waals surface area (Å²) in [5, 5.41) is 0.587. The van der Waals surface area contributed by atoms with E-state index in [1.54, 1.807) is 11.5 Å². The number of hydrogen-bond acceptors (Lipinski definition) is 5. The molecular formula is C29H39N3O3. The molecule has 3 heterocycles. The number of piperidine rings is 2. The summed E-state index contributed by atoms with van der Waals surface area (Å²) in [7, 11) is 0. The number of aromatic nitrogens is 2. The van der Waals surface area contributed by atoms with Crippen LogP contribution in [0.5, 0.6) is 0 Å². The minimum absolute atomic E-state index is 0.00331. The number of benzene rings is 1. The van der Waals surface area contributed by atoms with Crippen molar-refractivity contribution < 1.29 is 9.53 Å². The van der Waals surface area contributed by atoms with Crippen molar-refractivity contribution in [1.29, 1.82) is 0 Å². The van der Waals surface area contributed by atoms with Crippen LogP contribution in [0.15, 0.2) is 29.1 Å². The third kappa shape index (κ3) is 4.32. The second-order valence-corrected chi connectivity index (χ2v) is 11.5. The molecule has 2 saturated carbocycles. The summed E-state index contributed by atoms with van der Waals surface area (Å²) >= 11 is 0. The third-order valence-corrected chi connectivity index (χ3v) is 9.41. The summed E-state index contributed by atoms with van der Waals surface area (Å²) in [5.74, 6) is 1.50. The Morgan fingerprint density at radius 1 is 0.886 bits per heavy atom. The van der Waals surface area contributed by atoms with Crippen LogP contribution in [0.2, 0.25) is 0 Å². The van der Waals surface area contributed by atoms with E-state index in [-0.39, 0.29) is 24.0 Å². The largest absolute Gasteiger partial charge is 0.460 e. The van der Waals surface area contributed by atoms with E-state index >= 15 is 0 Å². The minimum Gasteiger partial charge on any atom is -0.460 e. The summed E-state index contributed by atoms with van der Waals surface area (Å²) in [6.45, 7) is 2.07. The van der Waals surface area contributed by atoms with Crippen LogP contribution in [-0.4, -0.2) is 45.2 Å². The van der Waals surface area contributed by atoms with Crippen LogP contribution in [-0.2, 0) is 4.74 Å². The maximum absolute atomic E-state index is 13.7. The van der Waals surface area contributed by atoms with Gasteiger partial charge in [-0.3, -0.25) is 14.3 Å². The molecule has 6 rings (SSSR count). The standard InChI is InChI=1S/C29H39N3O3/c1-2-35-29(34)27-30-26-13-6-5-12-25(26)28(33)32(27)24-17-21-10-7-11-22(18-24)31(21)23-15-19-8-3-4-9-20(14-19)16-23/h5-6,12-13,19-24H,2-4,7-11,14-18H2,1H3/t19-,20+,21-,22+,23-,24+. The monoisotopic (exact) mass is 477 g/mol. The minimum atomic E-state index is -0.487. The zero-order valence-corrected chi connectivity index (χ0v) is 21.0. The molecule has 2 saturated heterocycles. The molecule has 6 heteroatoms. The van der Waals surface area contributed by atoms with Crippen LogP contribution >= 0.6 is 0 Å². The Balaban J connectivity index is 1.33. The van der Waals surface area contributed by atoms with Crippen molar-refractivity contribution in [2.75, 3.05) is 6.61 Å². The molecule has 188 valence electrons. The van der Waals surface area contributed by atoms with Gasteiger partial charge in [-0.15, -0.1) is 0 Å². The highest BCUT2D eigenvalue weighted by Crippen LogP contribution is 2.46. The Labute approximate surface area is 208 Å². The van der Waals surface area contributed by atoms with Crippen molar-refractivity contribution in [3.63, 3.8) is 0 Å². The Kier molecular flexibility index (Phi) is 6.42. The highest BCUT2D eigenvalue weighted by molar-refractivity contribution is 5.89. The molecule has 1 aromatic carbocycles. The molecular weight excluding hydrogens is 438 g/mol. The summed E-state index contributed by atoms with van der Waals surface area (Å²) < 4.78 is 7.07. The second kappa shape index (κ2) is 9.68. The number of nitrogens with zero attached hydrogens (tertiary/aromatic N) is 3. The molecule has 1 aromatic heterocycles. The molecule has 0 unspecified atom stereocenters. The fourth-order valence-corrected chi connectivity index (χ4v) is 8.13. The normalized spacial score (nSPS) is 33.3. The fraction of sp³-hybridized carbons (Fsp3) is 0.690. The first-order chi connectivity index (χ1) is 17.1. The molecule has 0 spiro atoms.